The van der Waals surface area contributed by atoms with Gasteiger partial charge in [-0.05, 0) is 25.1 Å². The molecule has 0 aliphatic rings. The van der Waals surface area contributed by atoms with E-state index in [1.165, 1.54) is 30.7 Å². The highest BCUT2D eigenvalue weighted by molar-refractivity contribution is 7.16. The lowest BCUT2D eigenvalue weighted by atomic mass is 10.2. The van der Waals surface area contributed by atoms with Gasteiger partial charge in [0, 0.05) is 12.6 Å². The summed E-state index contributed by atoms with van der Waals surface area (Å²) in [7, 11) is 1.34. The number of fused-ring (bicyclic) bond motifs is 1. The van der Waals surface area contributed by atoms with Gasteiger partial charge in [-0.25, -0.2) is 4.79 Å². The smallest absolute Gasteiger partial charge is 0.337 e. The van der Waals surface area contributed by atoms with Crippen molar-refractivity contribution in [3.63, 3.8) is 0 Å². The van der Waals surface area contributed by atoms with Crippen molar-refractivity contribution in [2.75, 3.05) is 7.11 Å². The van der Waals surface area contributed by atoms with Crippen LogP contribution in [0.2, 0.25) is 0 Å². The predicted molar refractivity (Wildman–Crippen MR) is 83.2 cm³/mol. The summed E-state index contributed by atoms with van der Waals surface area (Å²) in [5, 5.41) is 3.50. The molecule has 8 heteroatoms. The molecule has 23 heavy (non-hydrogen) atoms. The van der Waals surface area contributed by atoms with Gasteiger partial charge in [0.2, 0.25) is 5.76 Å². The Balaban J connectivity index is 2.13. The number of carbonyl (C=O) groups is 2. The highest BCUT2D eigenvalue weighted by Gasteiger charge is 2.13. The molecule has 0 saturated carbocycles. The maximum absolute atomic E-state index is 12.1. The van der Waals surface area contributed by atoms with E-state index in [4.69, 9.17) is 9.26 Å². The van der Waals surface area contributed by atoms with Crippen LogP contribution in [0.25, 0.3) is 10.2 Å². The van der Waals surface area contributed by atoms with E-state index < -0.39 is 11.9 Å². The van der Waals surface area contributed by atoms with Crippen LogP contribution in [-0.2, 0) is 11.3 Å². The number of esters is 1. The monoisotopic (exact) mass is 331 g/mol. The van der Waals surface area contributed by atoms with Crippen LogP contribution in [0.4, 0.5) is 0 Å². The zero-order chi connectivity index (χ0) is 16.4. The minimum absolute atomic E-state index is 0.0837. The van der Waals surface area contributed by atoms with E-state index in [1.807, 2.05) is 17.6 Å². The van der Waals surface area contributed by atoms with Crippen LogP contribution in [0, 0.1) is 0 Å². The molecule has 0 atom stereocenters. The van der Waals surface area contributed by atoms with Gasteiger partial charge in [-0.3, -0.25) is 4.79 Å². The van der Waals surface area contributed by atoms with Crippen molar-refractivity contribution in [2.45, 2.75) is 13.5 Å². The molecular weight excluding hydrogens is 318 g/mol. The molecule has 0 saturated heterocycles. The fourth-order valence-electron chi connectivity index (χ4n) is 2.18. The lowest BCUT2D eigenvalue weighted by molar-refractivity contribution is 0.0601. The molecule has 0 N–H and O–H groups in total. The second-order valence-electron chi connectivity index (χ2n) is 4.60. The molecule has 0 radical (unpaired) electrons. The Morgan fingerprint density at radius 1 is 1.39 bits per heavy atom. The molecule has 7 nitrogen and oxygen atoms in total. The lowest BCUT2D eigenvalue weighted by Gasteiger charge is -2.01. The predicted octanol–water partition coefficient (Wildman–Crippen LogP) is 2.24. The average Bonchev–Trinajstić information content (AvgIpc) is 3.20. The number of hydrogen-bond acceptors (Lipinski definition) is 6. The van der Waals surface area contributed by atoms with E-state index in [9.17, 15) is 9.59 Å². The Labute approximate surface area is 134 Å². The summed E-state index contributed by atoms with van der Waals surface area (Å²) in [5.41, 5.74) is 1.35. The Kier molecular flexibility index (Phi) is 4.07. The van der Waals surface area contributed by atoms with E-state index >= 15 is 0 Å². The Morgan fingerprint density at radius 2 is 2.22 bits per heavy atom. The second kappa shape index (κ2) is 6.17. The van der Waals surface area contributed by atoms with Gasteiger partial charge < -0.3 is 13.8 Å². The van der Waals surface area contributed by atoms with E-state index in [0.717, 1.165) is 10.2 Å². The number of amides is 1. The molecule has 1 aromatic carbocycles. The zero-order valence-corrected chi connectivity index (χ0v) is 13.3. The number of hydrogen-bond donors (Lipinski definition) is 0. The van der Waals surface area contributed by atoms with Crippen LogP contribution in [0.5, 0.6) is 0 Å². The third kappa shape index (κ3) is 2.80. The number of aryl methyl sites for hydroxylation is 1. The molecular formula is C15H13N3O4S. The summed E-state index contributed by atoms with van der Waals surface area (Å²) in [6, 6.07) is 6.70. The first kappa shape index (κ1) is 15.2. The Bertz CT molecular complexity index is 937. The van der Waals surface area contributed by atoms with Gasteiger partial charge in [0.1, 0.15) is 0 Å². The van der Waals surface area contributed by atoms with Crippen molar-refractivity contribution < 1.29 is 18.8 Å². The number of thiazole rings is 1. The highest BCUT2D eigenvalue weighted by atomic mass is 32.1. The normalized spacial score (nSPS) is 11.8. The van der Waals surface area contributed by atoms with Crippen LogP contribution in [0.3, 0.4) is 0 Å². The zero-order valence-electron chi connectivity index (χ0n) is 12.5. The number of ether oxygens (including phenoxy) is 1. The van der Waals surface area contributed by atoms with Crippen LogP contribution in [-0.4, -0.2) is 28.7 Å². The summed E-state index contributed by atoms with van der Waals surface area (Å²) in [6.45, 7) is 2.60. The fraction of sp³-hybridized carbons (Fsp3) is 0.200. The Hall–Kier alpha value is -2.74. The number of methoxy groups -OCH3 is 1. The van der Waals surface area contributed by atoms with Gasteiger partial charge in [0.05, 0.1) is 29.1 Å². The van der Waals surface area contributed by atoms with Crippen LogP contribution < -0.4 is 4.80 Å². The minimum Gasteiger partial charge on any atom is -0.465 e. The lowest BCUT2D eigenvalue weighted by Crippen LogP contribution is -2.15. The van der Waals surface area contributed by atoms with Crippen LogP contribution >= 0.6 is 11.3 Å². The summed E-state index contributed by atoms with van der Waals surface area (Å²) >= 11 is 1.32. The molecule has 0 fully saturated rings. The summed E-state index contributed by atoms with van der Waals surface area (Å²) < 4.78 is 12.3. The third-order valence-electron chi connectivity index (χ3n) is 3.27. The molecule has 0 bridgehead atoms. The summed E-state index contributed by atoms with van der Waals surface area (Å²) in [4.78, 5) is 28.3. The highest BCUT2D eigenvalue weighted by Crippen LogP contribution is 2.20. The first-order valence-corrected chi connectivity index (χ1v) is 7.67. The van der Waals surface area contributed by atoms with Crippen LogP contribution in [0.1, 0.15) is 27.8 Å². The van der Waals surface area contributed by atoms with Gasteiger partial charge in [-0.1, -0.05) is 16.5 Å². The third-order valence-corrected chi connectivity index (χ3v) is 4.31. The first-order valence-electron chi connectivity index (χ1n) is 6.85. The quantitative estimate of drug-likeness (QED) is 0.687. The van der Waals surface area contributed by atoms with Gasteiger partial charge in [0.15, 0.2) is 4.80 Å². The molecule has 3 aromatic rings. The van der Waals surface area contributed by atoms with Crippen molar-refractivity contribution in [3.8, 4) is 0 Å². The molecule has 0 unspecified atom stereocenters. The van der Waals surface area contributed by atoms with E-state index in [0.29, 0.717) is 16.9 Å². The van der Waals surface area contributed by atoms with Crippen molar-refractivity contribution in [2.24, 2.45) is 4.99 Å². The van der Waals surface area contributed by atoms with Crippen molar-refractivity contribution in [1.82, 2.24) is 9.72 Å². The standard InChI is InChI=1S/C15H13N3O4S/c1-3-18-10-5-4-9(14(20)21-2)8-12(10)23-15(18)17-13(19)11-6-7-16-22-11/h4-8H,3H2,1-2H3. The van der Waals surface area contributed by atoms with Crippen molar-refractivity contribution in [3.05, 3.63) is 46.6 Å². The number of carbonyl (C=O) groups excluding carboxylic acids is 2. The largest absolute Gasteiger partial charge is 0.465 e. The van der Waals surface area contributed by atoms with Crippen LogP contribution in [0.15, 0.2) is 40.0 Å². The van der Waals surface area contributed by atoms with Crippen molar-refractivity contribution >= 4 is 33.4 Å². The van der Waals surface area contributed by atoms with Gasteiger partial charge in [0.25, 0.3) is 0 Å². The Morgan fingerprint density at radius 3 is 2.87 bits per heavy atom. The molecule has 3 rings (SSSR count). The number of nitrogens with zero attached hydrogens (tertiary/aromatic N) is 3. The van der Waals surface area contributed by atoms with Crippen molar-refractivity contribution in [1.29, 1.82) is 0 Å². The second-order valence-corrected chi connectivity index (χ2v) is 5.61. The molecule has 0 spiro atoms. The van der Waals surface area contributed by atoms with Gasteiger partial charge in [-0.15, -0.1) is 0 Å². The summed E-state index contributed by atoms with van der Waals surface area (Å²) in [5.74, 6) is -0.815. The SMILES string of the molecule is CCn1c(=NC(=O)c2ccno2)sc2cc(C(=O)OC)ccc21. The average molecular weight is 331 g/mol. The fourth-order valence-corrected chi connectivity index (χ4v) is 3.31. The minimum atomic E-state index is -0.496. The molecule has 0 aliphatic heterocycles. The number of benzene rings is 1. The first-order chi connectivity index (χ1) is 11.1. The number of rotatable bonds is 3. The molecule has 1 amide bonds. The molecule has 2 aromatic heterocycles. The van der Waals surface area contributed by atoms with Gasteiger partial charge in [-0.2, -0.15) is 4.99 Å². The number of aromatic nitrogens is 2. The maximum atomic E-state index is 12.1. The van der Waals surface area contributed by atoms with E-state index in [2.05, 4.69) is 10.1 Å². The topological polar surface area (TPSA) is 86.7 Å². The molecule has 0 aliphatic carbocycles. The molecule has 118 valence electrons. The maximum Gasteiger partial charge on any atom is 0.337 e. The van der Waals surface area contributed by atoms with E-state index in [1.54, 1.807) is 12.1 Å². The van der Waals surface area contributed by atoms with Gasteiger partial charge >= 0.3 is 11.9 Å². The van der Waals surface area contributed by atoms with E-state index in [-0.39, 0.29) is 5.76 Å². The summed E-state index contributed by atoms with van der Waals surface area (Å²) in [6.07, 6.45) is 1.39. The molecule has 2 heterocycles.